The van der Waals surface area contributed by atoms with E-state index in [2.05, 4.69) is 5.32 Å². The number of rotatable bonds is 12. The third kappa shape index (κ3) is 7.11. The molecule has 0 radical (unpaired) electrons. The summed E-state index contributed by atoms with van der Waals surface area (Å²) in [6, 6.07) is 22.7. The van der Waals surface area contributed by atoms with Crippen molar-refractivity contribution in [2.45, 2.75) is 44.2 Å². The van der Waals surface area contributed by atoms with E-state index in [0.29, 0.717) is 29.2 Å². The fourth-order valence-electron chi connectivity index (χ4n) is 3.94. The Morgan fingerprint density at radius 2 is 1.49 bits per heavy atom. The minimum atomic E-state index is -4.07. The van der Waals surface area contributed by atoms with Gasteiger partial charge in [-0.15, -0.1) is 0 Å². The molecular weight excluding hydrogens is 510 g/mol. The molecule has 37 heavy (non-hydrogen) atoms. The number of anilines is 1. The van der Waals surface area contributed by atoms with E-state index in [-0.39, 0.29) is 17.3 Å². The lowest BCUT2D eigenvalue weighted by molar-refractivity contribution is -0.140. The number of carbonyl (C=O) groups is 2. The molecule has 1 atom stereocenters. The summed E-state index contributed by atoms with van der Waals surface area (Å²) in [4.78, 5) is 28.4. The van der Waals surface area contributed by atoms with Crippen LogP contribution in [-0.4, -0.2) is 44.3 Å². The van der Waals surface area contributed by atoms with Crippen molar-refractivity contribution < 1.29 is 18.0 Å². The average Bonchev–Trinajstić information content (AvgIpc) is 2.92. The zero-order chi connectivity index (χ0) is 26.8. The Balaban J connectivity index is 2.02. The van der Waals surface area contributed by atoms with E-state index >= 15 is 0 Å². The zero-order valence-corrected chi connectivity index (χ0v) is 22.6. The summed E-state index contributed by atoms with van der Waals surface area (Å²) in [7, 11) is -4.07. The quantitative estimate of drug-likeness (QED) is 0.354. The predicted molar refractivity (Wildman–Crippen MR) is 147 cm³/mol. The van der Waals surface area contributed by atoms with E-state index in [9.17, 15) is 18.0 Å². The maximum atomic E-state index is 13.9. The molecule has 9 heteroatoms. The lowest BCUT2D eigenvalue weighted by Gasteiger charge is -2.33. The summed E-state index contributed by atoms with van der Waals surface area (Å²) in [6.45, 7) is 3.81. The summed E-state index contributed by atoms with van der Waals surface area (Å²) in [5.74, 6) is -0.802. The van der Waals surface area contributed by atoms with Crippen LogP contribution < -0.4 is 9.62 Å². The monoisotopic (exact) mass is 541 g/mol. The minimum Gasteiger partial charge on any atom is -0.354 e. The number of hydrogen-bond acceptors (Lipinski definition) is 4. The summed E-state index contributed by atoms with van der Waals surface area (Å²) in [5.41, 5.74) is 1.01. The lowest BCUT2D eigenvalue weighted by atomic mass is 10.1. The maximum absolute atomic E-state index is 13.9. The topological polar surface area (TPSA) is 86.8 Å². The molecule has 1 unspecified atom stereocenters. The summed E-state index contributed by atoms with van der Waals surface area (Å²) in [5, 5.41) is 3.32. The molecule has 0 saturated heterocycles. The van der Waals surface area contributed by atoms with Gasteiger partial charge in [-0.2, -0.15) is 0 Å². The van der Waals surface area contributed by atoms with Gasteiger partial charge >= 0.3 is 0 Å². The standard InChI is InChI=1S/C28H32ClN3O4S/c1-3-19-30-28(34)26(4-2)31(20-22-13-11-12-18-25(22)29)27(33)21-32(23-14-7-5-8-15-23)37(35,36)24-16-9-6-10-17-24/h5-18,26H,3-4,19-21H2,1-2H3,(H,30,34). The van der Waals surface area contributed by atoms with Crippen LogP contribution in [0.4, 0.5) is 5.69 Å². The molecule has 0 bridgehead atoms. The summed E-state index contributed by atoms with van der Waals surface area (Å²) in [6.07, 6.45) is 1.10. The van der Waals surface area contributed by atoms with E-state index in [1.165, 1.54) is 17.0 Å². The van der Waals surface area contributed by atoms with Crippen molar-refractivity contribution in [3.63, 3.8) is 0 Å². The van der Waals surface area contributed by atoms with Gasteiger partial charge < -0.3 is 10.2 Å². The maximum Gasteiger partial charge on any atom is 0.264 e. The van der Waals surface area contributed by atoms with E-state index in [4.69, 9.17) is 11.6 Å². The highest BCUT2D eigenvalue weighted by atomic mass is 35.5. The molecule has 196 valence electrons. The fraction of sp³-hybridized carbons (Fsp3) is 0.286. The Hall–Kier alpha value is -3.36. The van der Waals surface area contributed by atoms with Gasteiger partial charge in [0.05, 0.1) is 10.6 Å². The number of para-hydroxylation sites is 1. The van der Waals surface area contributed by atoms with Crippen LogP contribution >= 0.6 is 11.6 Å². The molecule has 7 nitrogen and oxygen atoms in total. The van der Waals surface area contributed by atoms with Crippen molar-refractivity contribution in [1.29, 1.82) is 0 Å². The average molecular weight is 542 g/mol. The number of benzene rings is 3. The first-order valence-corrected chi connectivity index (χ1v) is 14.0. The molecule has 3 aromatic rings. The van der Waals surface area contributed by atoms with Crippen LogP contribution in [0.3, 0.4) is 0 Å². The highest BCUT2D eigenvalue weighted by molar-refractivity contribution is 7.92. The van der Waals surface area contributed by atoms with Crippen LogP contribution in [0.15, 0.2) is 89.8 Å². The van der Waals surface area contributed by atoms with Crippen LogP contribution in [0.1, 0.15) is 32.3 Å². The van der Waals surface area contributed by atoms with E-state index in [1.54, 1.807) is 72.8 Å². The van der Waals surface area contributed by atoms with Gasteiger partial charge in [-0.3, -0.25) is 13.9 Å². The molecule has 3 rings (SSSR count). The number of carbonyl (C=O) groups excluding carboxylic acids is 2. The van der Waals surface area contributed by atoms with Gasteiger partial charge in [-0.05, 0) is 48.7 Å². The first-order valence-electron chi connectivity index (χ1n) is 12.2. The molecule has 0 aliphatic rings. The number of halogens is 1. The molecule has 0 aliphatic heterocycles. The van der Waals surface area contributed by atoms with Crippen LogP contribution in [0, 0.1) is 0 Å². The molecular formula is C28H32ClN3O4S. The fourth-order valence-corrected chi connectivity index (χ4v) is 5.57. The second-order valence-electron chi connectivity index (χ2n) is 8.49. The van der Waals surface area contributed by atoms with Crippen LogP contribution in [-0.2, 0) is 26.2 Å². The van der Waals surface area contributed by atoms with Crippen molar-refractivity contribution >= 4 is 39.1 Å². The normalized spacial score (nSPS) is 12.0. The summed E-state index contributed by atoms with van der Waals surface area (Å²) < 4.78 is 28.4. The van der Waals surface area contributed by atoms with Crippen molar-refractivity contribution in [2.24, 2.45) is 0 Å². The van der Waals surface area contributed by atoms with Gasteiger partial charge in [-0.1, -0.05) is 80.0 Å². The second kappa shape index (κ2) is 13.3. The SMILES string of the molecule is CCCNC(=O)C(CC)N(Cc1ccccc1Cl)C(=O)CN(c1ccccc1)S(=O)(=O)c1ccccc1. The number of hydrogen-bond donors (Lipinski definition) is 1. The van der Waals surface area contributed by atoms with Gasteiger partial charge in [0.1, 0.15) is 12.6 Å². The van der Waals surface area contributed by atoms with Gasteiger partial charge in [0, 0.05) is 18.1 Å². The largest absolute Gasteiger partial charge is 0.354 e. The first-order chi connectivity index (χ1) is 17.8. The molecule has 0 aromatic heterocycles. The van der Waals surface area contributed by atoms with Crippen molar-refractivity contribution in [2.75, 3.05) is 17.4 Å². The minimum absolute atomic E-state index is 0.0601. The third-order valence-corrected chi connectivity index (χ3v) is 8.04. The Kier molecular flexibility index (Phi) is 10.1. The third-order valence-electron chi connectivity index (χ3n) is 5.89. The van der Waals surface area contributed by atoms with Crippen LogP contribution in [0.2, 0.25) is 5.02 Å². The van der Waals surface area contributed by atoms with Crippen molar-refractivity contribution in [3.05, 3.63) is 95.5 Å². The van der Waals surface area contributed by atoms with E-state index in [0.717, 1.165) is 10.7 Å². The number of sulfonamides is 1. The Bertz CT molecular complexity index is 1290. The number of nitrogens with one attached hydrogen (secondary N) is 1. The molecule has 0 spiro atoms. The second-order valence-corrected chi connectivity index (χ2v) is 10.8. The molecule has 0 heterocycles. The molecule has 2 amide bonds. The van der Waals surface area contributed by atoms with Crippen molar-refractivity contribution in [1.82, 2.24) is 10.2 Å². The van der Waals surface area contributed by atoms with Crippen molar-refractivity contribution in [3.8, 4) is 0 Å². The molecule has 0 fully saturated rings. The van der Waals surface area contributed by atoms with Gasteiger partial charge in [-0.25, -0.2) is 8.42 Å². The van der Waals surface area contributed by atoms with Gasteiger partial charge in [0.25, 0.3) is 10.0 Å². The molecule has 3 aromatic carbocycles. The van der Waals surface area contributed by atoms with E-state index < -0.39 is 28.5 Å². The van der Waals surface area contributed by atoms with Gasteiger partial charge in [0.2, 0.25) is 11.8 Å². The highest BCUT2D eigenvalue weighted by Gasteiger charge is 2.33. The molecule has 1 N–H and O–H groups in total. The Morgan fingerprint density at radius 1 is 0.892 bits per heavy atom. The Labute approximate surface area is 224 Å². The Morgan fingerprint density at radius 3 is 2.08 bits per heavy atom. The number of nitrogens with zero attached hydrogens (tertiary/aromatic N) is 2. The predicted octanol–water partition coefficient (Wildman–Crippen LogP) is 4.87. The molecule has 0 saturated carbocycles. The summed E-state index contributed by atoms with van der Waals surface area (Å²) >= 11 is 6.39. The van der Waals surface area contributed by atoms with E-state index in [1.807, 2.05) is 13.8 Å². The van der Waals surface area contributed by atoms with Crippen LogP contribution in [0.5, 0.6) is 0 Å². The zero-order valence-electron chi connectivity index (χ0n) is 21.0. The lowest BCUT2D eigenvalue weighted by Crippen LogP contribution is -2.52. The van der Waals surface area contributed by atoms with Gasteiger partial charge in [0.15, 0.2) is 0 Å². The number of amides is 2. The first kappa shape index (κ1) is 28.2. The highest BCUT2D eigenvalue weighted by Crippen LogP contribution is 2.25. The smallest absolute Gasteiger partial charge is 0.264 e. The van der Waals surface area contributed by atoms with Crippen LogP contribution in [0.25, 0.3) is 0 Å². The molecule has 0 aliphatic carbocycles.